The van der Waals surface area contributed by atoms with Crippen LogP contribution in [0.4, 0.5) is 5.69 Å². The first-order valence-corrected chi connectivity index (χ1v) is 9.20. The van der Waals surface area contributed by atoms with Crippen molar-refractivity contribution >= 4 is 23.4 Å². The van der Waals surface area contributed by atoms with E-state index in [9.17, 15) is 4.79 Å². The maximum Gasteiger partial charge on any atom is 0.256 e. The molecule has 6 nitrogen and oxygen atoms in total. The highest BCUT2D eigenvalue weighted by atomic mass is 32.2. The Bertz CT molecular complexity index is 895. The summed E-state index contributed by atoms with van der Waals surface area (Å²) in [5.74, 6) is 2.11. The Morgan fingerprint density at radius 2 is 1.96 bits per heavy atom. The van der Waals surface area contributed by atoms with Gasteiger partial charge in [0, 0.05) is 11.8 Å². The van der Waals surface area contributed by atoms with Crippen LogP contribution in [0.5, 0.6) is 5.75 Å². The summed E-state index contributed by atoms with van der Waals surface area (Å²) in [6.45, 7) is 4.19. The predicted molar refractivity (Wildman–Crippen MR) is 101 cm³/mol. The molecular formula is C19H19N3O3S. The van der Waals surface area contributed by atoms with E-state index in [0.717, 1.165) is 4.90 Å². The van der Waals surface area contributed by atoms with Crippen molar-refractivity contribution < 1.29 is 14.1 Å². The lowest BCUT2D eigenvalue weighted by Gasteiger charge is -2.13. The van der Waals surface area contributed by atoms with E-state index in [2.05, 4.69) is 15.5 Å². The number of amides is 1. The average molecular weight is 369 g/mol. The molecule has 1 amide bonds. The zero-order chi connectivity index (χ0) is 18.4. The highest BCUT2D eigenvalue weighted by Crippen LogP contribution is 2.28. The van der Waals surface area contributed by atoms with Gasteiger partial charge in [-0.15, -0.1) is 11.8 Å². The second-order valence-corrected chi connectivity index (χ2v) is 6.41. The zero-order valence-electron chi connectivity index (χ0n) is 14.6. The first kappa shape index (κ1) is 18.0. The van der Waals surface area contributed by atoms with Gasteiger partial charge < -0.3 is 14.6 Å². The van der Waals surface area contributed by atoms with Crippen molar-refractivity contribution in [2.45, 2.75) is 24.5 Å². The fourth-order valence-corrected chi connectivity index (χ4v) is 3.26. The monoisotopic (exact) mass is 369 g/mol. The van der Waals surface area contributed by atoms with E-state index in [4.69, 9.17) is 9.26 Å². The number of rotatable bonds is 7. The van der Waals surface area contributed by atoms with Crippen LogP contribution < -0.4 is 10.1 Å². The summed E-state index contributed by atoms with van der Waals surface area (Å²) in [5.41, 5.74) is 1.23. The van der Waals surface area contributed by atoms with Gasteiger partial charge >= 0.3 is 0 Å². The van der Waals surface area contributed by atoms with Crippen LogP contribution in [0.2, 0.25) is 0 Å². The summed E-state index contributed by atoms with van der Waals surface area (Å²) in [5, 5.41) is 6.81. The minimum absolute atomic E-state index is 0.190. The smallest absolute Gasteiger partial charge is 0.256 e. The Balaban J connectivity index is 1.75. The summed E-state index contributed by atoms with van der Waals surface area (Å²) in [6, 6.07) is 14.8. The van der Waals surface area contributed by atoms with Crippen molar-refractivity contribution in [1.29, 1.82) is 0 Å². The molecule has 0 spiro atoms. The summed E-state index contributed by atoms with van der Waals surface area (Å²) in [6.07, 6.45) is 0. The molecule has 0 aliphatic carbocycles. The topological polar surface area (TPSA) is 77.2 Å². The quantitative estimate of drug-likeness (QED) is 0.625. The van der Waals surface area contributed by atoms with Crippen molar-refractivity contribution in [3.05, 3.63) is 65.8 Å². The number of hydrogen-bond acceptors (Lipinski definition) is 6. The van der Waals surface area contributed by atoms with Crippen molar-refractivity contribution in [2.24, 2.45) is 0 Å². The Kier molecular flexibility index (Phi) is 5.91. The summed E-state index contributed by atoms with van der Waals surface area (Å²) < 4.78 is 10.5. The average Bonchev–Trinajstić information content (AvgIpc) is 3.07. The molecule has 3 aromatic rings. The van der Waals surface area contributed by atoms with E-state index >= 15 is 0 Å². The van der Waals surface area contributed by atoms with Crippen LogP contribution in [0.1, 0.15) is 29.0 Å². The molecule has 26 heavy (non-hydrogen) atoms. The first-order valence-electron chi connectivity index (χ1n) is 8.21. The molecule has 0 fully saturated rings. The number of benzene rings is 2. The number of para-hydroxylation sites is 2. The van der Waals surface area contributed by atoms with Crippen LogP contribution in [0.15, 0.2) is 57.9 Å². The van der Waals surface area contributed by atoms with Crippen LogP contribution in [0.25, 0.3) is 0 Å². The molecule has 0 bridgehead atoms. The number of thioether (sulfide) groups is 1. The fraction of sp³-hybridized carbons (Fsp3) is 0.211. The molecule has 3 rings (SSSR count). The third-order valence-corrected chi connectivity index (χ3v) is 4.56. The van der Waals surface area contributed by atoms with E-state index in [1.807, 2.05) is 49.4 Å². The van der Waals surface area contributed by atoms with E-state index in [1.165, 1.54) is 11.8 Å². The number of hydrogen-bond donors (Lipinski definition) is 1. The predicted octanol–water partition coefficient (Wildman–Crippen LogP) is 4.32. The molecule has 2 aromatic carbocycles. The third-order valence-electron chi connectivity index (χ3n) is 3.49. The zero-order valence-corrected chi connectivity index (χ0v) is 15.4. The van der Waals surface area contributed by atoms with Gasteiger partial charge in [0.25, 0.3) is 5.91 Å². The van der Waals surface area contributed by atoms with E-state index in [0.29, 0.717) is 41.1 Å². The Morgan fingerprint density at radius 1 is 1.19 bits per heavy atom. The van der Waals surface area contributed by atoms with Gasteiger partial charge in [-0.3, -0.25) is 4.79 Å². The number of ether oxygens (including phenoxy) is 1. The molecule has 0 aliphatic rings. The Labute approximate surface area is 156 Å². The van der Waals surface area contributed by atoms with Crippen LogP contribution in [0.3, 0.4) is 0 Å². The molecular weight excluding hydrogens is 350 g/mol. The molecule has 134 valence electrons. The Morgan fingerprint density at radius 3 is 2.73 bits per heavy atom. The Hall–Kier alpha value is -2.80. The van der Waals surface area contributed by atoms with Crippen LogP contribution in [-0.2, 0) is 5.75 Å². The van der Waals surface area contributed by atoms with Crippen molar-refractivity contribution in [3.8, 4) is 5.75 Å². The number of aryl methyl sites for hydroxylation is 1. The first-order chi connectivity index (χ1) is 12.7. The van der Waals surface area contributed by atoms with E-state index in [-0.39, 0.29) is 5.91 Å². The lowest BCUT2D eigenvalue weighted by atomic mass is 10.2. The highest BCUT2D eigenvalue weighted by Gasteiger charge is 2.14. The van der Waals surface area contributed by atoms with Gasteiger partial charge in [0.1, 0.15) is 5.75 Å². The molecule has 7 heteroatoms. The molecule has 0 atom stereocenters. The second kappa shape index (κ2) is 8.53. The lowest BCUT2D eigenvalue weighted by molar-refractivity contribution is 0.102. The van der Waals surface area contributed by atoms with E-state index in [1.54, 1.807) is 13.0 Å². The third kappa shape index (κ3) is 4.43. The largest absolute Gasteiger partial charge is 0.492 e. The van der Waals surface area contributed by atoms with Gasteiger partial charge in [0.2, 0.25) is 5.89 Å². The summed E-state index contributed by atoms with van der Waals surface area (Å²) in [4.78, 5) is 17.8. The minimum Gasteiger partial charge on any atom is -0.492 e. The molecule has 0 unspecified atom stereocenters. The van der Waals surface area contributed by atoms with Crippen LogP contribution >= 0.6 is 11.8 Å². The van der Waals surface area contributed by atoms with Gasteiger partial charge in [-0.1, -0.05) is 29.4 Å². The summed E-state index contributed by atoms with van der Waals surface area (Å²) in [7, 11) is 0. The molecule has 1 aromatic heterocycles. The molecule has 1 N–H and O–H groups in total. The molecule has 0 saturated heterocycles. The van der Waals surface area contributed by atoms with Gasteiger partial charge in [-0.25, -0.2) is 0 Å². The number of nitrogens with one attached hydrogen (secondary N) is 1. The van der Waals surface area contributed by atoms with Crippen molar-refractivity contribution in [3.63, 3.8) is 0 Å². The number of carbonyl (C=O) groups is 1. The molecule has 1 heterocycles. The summed E-state index contributed by atoms with van der Waals surface area (Å²) >= 11 is 1.49. The highest BCUT2D eigenvalue weighted by molar-refractivity contribution is 7.98. The molecule has 0 radical (unpaired) electrons. The minimum atomic E-state index is -0.190. The van der Waals surface area contributed by atoms with Crippen LogP contribution in [0, 0.1) is 6.92 Å². The van der Waals surface area contributed by atoms with Gasteiger partial charge in [0.15, 0.2) is 5.82 Å². The van der Waals surface area contributed by atoms with Gasteiger partial charge in [-0.2, -0.15) is 4.98 Å². The van der Waals surface area contributed by atoms with E-state index < -0.39 is 0 Å². The molecule has 0 aliphatic heterocycles. The standard InChI is InChI=1S/C19H19N3O3S/c1-3-24-16-10-6-5-9-15(16)21-19(23)14-8-4-7-11-17(14)26-12-18-20-13(2)25-22-18/h4-11H,3,12H2,1-2H3,(H,21,23). The number of nitrogens with zero attached hydrogens (tertiary/aromatic N) is 2. The van der Waals surface area contributed by atoms with Gasteiger partial charge in [-0.05, 0) is 31.2 Å². The van der Waals surface area contributed by atoms with Crippen molar-refractivity contribution in [1.82, 2.24) is 10.1 Å². The maximum atomic E-state index is 12.8. The SMILES string of the molecule is CCOc1ccccc1NC(=O)c1ccccc1SCc1noc(C)n1. The normalized spacial score (nSPS) is 10.5. The number of anilines is 1. The number of aromatic nitrogens is 2. The lowest BCUT2D eigenvalue weighted by Crippen LogP contribution is -2.14. The second-order valence-electron chi connectivity index (χ2n) is 5.40. The van der Waals surface area contributed by atoms with Crippen LogP contribution in [-0.4, -0.2) is 22.7 Å². The van der Waals surface area contributed by atoms with Gasteiger partial charge in [0.05, 0.1) is 23.6 Å². The van der Waals surface area contributed by atoms with Crippen molar-refractivity contribution in [2.75, 3.05) is 11.9 Å². The number of carbonyl (C=O) groups excluding carboxylic acids is 1. The maximum absolute atomic E-state index is 12.8. The fourth-order valence-electron chi connectivity index (χ4n) is 2.36. The molecule has 0 saturated carbocycles.